The molecule has 238 valence electrons. The van der Waals surface area contributed by atoms with Gasteiger partial charge in [-0.05, 0) is 25.7 Å². The largest absolute Gasteiger partial charge is 1.00 e. The third-order valence-corrected chi connectivity index (χ3v) is 7.42. The number of rotatable bonds is 21. The molecule has 2 aromatic heterocycles. The van der Waals surface area contributed by atoms with Gasteiger partial charge in [0.25, 0.3) is 11.6 Å². The van der Waals surface area contributed by atoms with Crippen LogP contribution in [0.3, 0.4) is 0 Å². The molecule has 0 atom stereocenters. The van der Waals surface area contributed by atoms with Crippen molar-refractivity contribution >= 4 is 0 Å². The van der Waals surface area contributed by atoms with Crippen molar-refractivity contribution in [1.82, 2.24) is 9.97 Å². The van der Waals surface area contributed by atoms with Crippen LogP contribution in [0.25, 0.3) is 0 Å². The summed E-state index contributed by atoms with van der Waals surface area (Å²) in [7, 11) is 0. The summed E-state index contributed by atoms with van der Waals surface area (Å²) in [6.45, 7) is 15.6. The number of H-pyrrole nitrogens is 2. The van der Waals surface area contributed by atoms with Crippen molar-refractivity contribution in [1.29, 1.82) is 0 Å². The van der Waals surface area contributed by atoms with Crippen LogP contribution in [0.1, 0.15) is 168 Å². The number of nitrogens with one attached hydrogen (secondary N) is 2. The lowest BCUT2D eigenvalue weighted by atomic mass is 10.1. The van der Waals surface area contributed by atoms with Gasteiger partial charge in [0.2, 0.25) is 0 Å². The molecule has 0 aliphatic heterocycles. The molecular formula is C34H68Br2N4. The number of hydrogen-bond acceptors (Lipinski definition) is 0. The normalized spacial score (nSPS) is 10.1. The number of aromatic amines is 2. The maximum atomic E-state index is 3.19. The number of imidazole rings is 2. The van der Waals surface area contributed by atoms with Crippen LogP contribution >= 0.6 is 0 Å². The molecule has 0 aliphatic rings. The van der Waals surface area contributed by atoms with Gasteiger partial charge in [-0.2, -0.15) is 0 Å². The molecule has 2 N–H and O–H groups in total. The number of hydrogen-bond donors (Lipinski definition) is 2. The minimum atomic E-state index is 0. The zero-order chi connectivity index (χ0) is 28.1. The monoisotopic (exact) mass is 690 g/mol. The zero-order valence-corrected chi connectivity index (χ0v) is 30.7. The molecular weight excluding hydrogens is 624 g/mol. The molecule has 0 saturated carbocycles. The molecule has 0 spiro atoms. The highest BCUT2D eigenvalue weighted by Gasteiger charge is 2.03. The van der Waals surface area contributed by atoms with Crippen LogP contribution in [0.4, 0.5) is 0 Å². The van der Waals surface area contributed by atoms with Crippen LogP contribution in [-0.4, -0.2) is 9.97 Å². The van der Waals surface area contributed by atoms with E-state index < -0.39 is 0 Å². The molecule has 4 nitrogen and oxygen atoms in total. The number of aromatic nitrogens is 4. The lowest BCUT2D eigenvalue weighted by Gasteiger charge is -1.99. The van der Waals surface area contributed by atoms with Crippen molar-refractivity contribution in [3.05, 3.63) is 36.4 Å². The molecule has 0 unspecified atom stereocenters. The van der Waals surface area contributed by atoms with E-state index >= 15 is 0 Å². The Kier molecular flexibility index (Phi) is 37.9. The van der Waals surface area contributed by atoms with E-state index in [1.807, 2.05) is 12.4 Å². The minimum Gasteiger partial charge on any atom is -1.00 e. The fourth-order valence-electron chi connectivity index (χ4n) is 4.70. The molecule has 2 rings (SSSR count). The van der Waals surface area contributed by atoms with Crippen molar-refractivity contribution in [3.63, 3.8) is 0 Å². The topological polar surface area (TPSA) is 39.3 Å². The Morgan fingerprint density at radius 1 is 0.425 bits per heavy atom. The second-order valence-electron chi connectivity index (χ2n) is 11.1. The number of unbranched alkanes of at least 4 members (excludes halogenated alkanes) is 17. The van der Waals surface area contributed by atoms with E-state index in [2.05, 4.69) is 73.0 Å². The van der Waals surface area contributed by atoms with Gasteiger partial charge in [-0.15, -0.1) is 0 Å². The Hall–Kier alpha value is -0.620. The molecule has 40 heavy (non-hydrogen) atoms. The number of aryl methyl sites for hydroxylation is 4. The summed E-state index contributed by atoms with van der Waals surface area (Å²) in [4.78, 5) is 6.39. The van der Waals surface area contributed by atoms with Crippen LogP contribution < -0.4 is 43.1 Å². The van der Waals surface area contributed by atoms with Gasteiger partial charge in [0, 0.05) is 13.8 Å². The molecule has 0 fully saturated rings. The predicted molar refractivity (Wildman–Crippen MR) is 166 cm³/mol. The molecule has 0 saturated heterocycles. The van der Waals surface area contributed by atoms with Gasteiger partial charge in [-0.3, -0.25) is 0 Å². The van der Waals surface area contributed by atoms with Crippen molar-refractivity contribution < 1.29 is 43.1 Å². The molecule has 0 amide bonds. The summed E-state index contributed by atoms with van der Waals surface area (Å²) < 4.78 is 4.58. The molecule has 0 aromatic carbocycles. The van der Waals surface area contributed by atoms with Crippen molar-refractivity contribution in [3.8, 4) is 0 Å². The molecule has 0 radical (unpaired) electrons. The Bertz CT molecular complexity index is 654. The van der Waals surface area contributed by atoms with Crippen LogP contribution in [0, 0.1) is 13.8 Å². The van der Waals surface area contributed by atoms with E-state index in [4.69, 9.17) is 0 Å². The molecule has 0 bridgehead atoms. The van der Waals surface area contributed by atoms with E-state index in [-0.39, 0.29) is 34.0 Å². The quantitative estimate of drug-likeness (QED) is 0.146. The van der Waals surface area contributed by atoms with Gasteiger partial charge in [-0.1, -0.05) is 130 Å². The second-order valence-corrected chi connectivity index (χ2v) is 11.1. The third kappa shape index (κ3) is 27.5. The van der Waals surface area contributed by atoms with E-state index in [1.165, 1.54) is 153 Å². The summed E-state index contributed by atoms with van der Waals surface area (Å²) in [6, 6.07) is 0. The van der Waals surface area contributed by atoms with Crippen molar-refractivity contribution in [2.24, 2.45) is 0 Å². The van der Waals surface area contributed by atoms with Gasteiger partial charge in [0.1, 0.15) is 24.8 Å². The fourth-order valence-corrected chi connectivity index (χ4v) is 4.70. The lowest BCUT2D eigenvalue weighted by Crippen LogP contribution is -3.00. The van der Waals surface area contributed by atoms with E-state index in [0.717, 1.165) is 0 Å². The SMILES string of the molecule is CCCCCCCCCC.CCCCCCCC[n+]1cc[nH]c1C.CCCCCCCC[n+]1cc[nH]c1C.[Br-].[Br-]. The first kappa shape index (κ1) is 43.8. The molecule has 6 heteroatoms. The highest BCUT2D eigenvalue weighted by Crippen LogP contribution is 2.08. The van der Waals surface area contributed by atoms with Gasteiger partial charge >= 0.3 is 0 Å². The standard InChI is InChI=1S/2C12H22N2.C10H22.2BrH/c2*1-3-4-5-6-7-8-10-14-11-9-13-12(14)2;1-3-5-7-9-10-8-6-4-2;;/h2*9,11H,3-8,10H2,1-2H3;3-10H2,1-2H3;2*1H. The molecule has 2 aromatic rings. The number of nitrogens with zero attached hydrogens (tertiary/aromatic N) is 2. The average Bonchev–Trinajstić information content (AvgIpc) is 3.53. The summed E-state index contributed by atoms with van der Waals surface area (Å²) in [5.74, 6) is 2.53. The Morgan fingerprint density at radius 2 is 0.675 bits per heavy atom. The predicted octanol–water partition coefficient (Wildman–Crippen LogP) is 4.10. The fraction of sp³-hybridized carbons (Fsp3) is 0.824. The van der Waals surface area contributed by atoms with E-state index in [1.54, 1.807) is 0 Å². The van der Waals surface area contributed by atoms with Gasteiger partial charge in [0.15, 0.2) is 0 Å². The van der Waals surface area contributed by atoms with Gasteiger partial charge < -0.3 is 34.0 Å². The van der Waals surface area contributed by atoms with E-state index in [0.29, 0.717) is 0 Å². The van der Waals surface area contributed by atoms with E-state index in [9.17, 15) is 0 Å². The lowest BCUT2D eigenvalue weighted by molar-refractivity contribution is -0.702. The summed E-state index contributed by atoms with van der Waals surface area (Å²) in [5, 5.41) is 0. The van der Waals surface area contributed by atoms with Crippen LogP contribution in [0.2, 0.25) is 0 Å². The first-order valence-corrected chi connectivity index (χ1v) is 16.7. The maximum absolute atomic E-state index is 3.19. The Labute approximate surface area is 271 Å². The summed E-state index contributed by atoms with van der Waals surface area (Å²) in [6.07, 6.45) is 36.2. The Morgan fingerprint density at radius 3 is 0.900 bits per heavy atom. The Balaban J connectivity index is -0.000000509. The minimum absolute atomic E-state index is 0. The molecule has 2 heterocycles. The highest BCUT2D eigenvalue weighted by molar-refractivity contribution is 4.71. The van der Waals surface area contributed by atoms with Crippen LogP contribution in [-0.2, 0) is 13.1 Å². The average molecular weight is 693 g/mol. The second kappa shape index (κ2) is 34.6. The third-order valence-electron chi connectivity index (χ3n) is 7.42. The molecule has 0 aliphatic carbocycles. The summed E-state index contributed by atoms with van der Waals surface area (Å²) in [5.41, 5.74) is 0. The van der Waals surface area contributed by atoms with Crippen LogP contribution in [0.5, 0.6) is 0 Å². The first-order chi connectivity index (χ1) is 18.6. The van der Waals surface area contributed by atoms with Crippen LogP contribution in [0.15, 0.2) is 24.8 Å². The summed E-state index contributed by atoms with van der Waals surface area (Å²) >= 11 is 0. The first-order valence-electron chi connectivity index (χ1n) is 16.7. The maximum Gasteiger partial charge on any atom is 0.251 e. The highest BCUT2D eigenvalue weighted by atomic mass is 79.9. The van der Waals surface area contributed by atoms with Crippen molar-refractivity contribution in [2.45, 2.75) is 183 Å². The zero-order valence-electron chi connectivity index (χ0n) is 27.5. The number of halogens is 2. The van der Waals surface area contributed by atoms with Gasteiger partial charge in [0.05, 0.1) is 13.1 Å². The smallest absolute Gasteiger partial charge is 0.251 e. The van der Waals surface area contributed by atoms with Crippen molar-refractivity contribution in [2.75, 3.05) is 0 Å². The van der Waals surface area contributed by atoms with Gasteiger partial charge in [-0.25, -0.2) is 19.1 Å².